The minimum Gasteiger partial charge on any atom is -0.487 e. The van der Waals surface area contributed by atoms with Crippen LogP contribution in [0.4, 0.5) is 0 Å². The lowest BCUT2D eigenvalue weighted by Crippen LogP contribution is -2.09. The molecule has 0 fully saturated rings. The minimum atomic E-state index is 0.426. The van der Waals surface area contributed by atoms with E-state index >= 15 is 0 Å². The van der Waals surface area contributed by atoms with Crippen molar-refractivity contribution >= 4 is 22.2 Å². The number of allylic oxidation sites excluding steroid dienone is 1. The summed E-state index contributed by atoms with van der Waals surface area (Å²) in [5.41, 5.74) is 13.1. The molecule has 5 heteroatoms. The molecule has 4 aromatic rings. The van der Waals surface area contributed by atoms with E-state index in [4.69, 9.17) is 20.4 Å². The molecule has 3 heterocycles. The van der Waals surface area contributed by atoms with Crippen LogP contribution in [0.15, 0.2) is 90.3 Å². The number of nitrogens with two attached hydrogens (primary N) is 1. The highest BCUT2D eigenvalue weighted by atomic mass is 16.5. The van der Waals surface area contributed by atoms with Crippen molar-refractivity contribution in [2.75, 3.05) is 6.54 Å². The third-order valence-corrected chi connectivity index (χ3v) is 5.66. The highest BCUT2D eigenvalue weighted by molar-refractivity contribution is 6.32. The maximum atomic E-state index is 6.10. The molecule has 0 spiro atoms. The Hall–Kier alpha value is -3.99. The predicted octanol–water partition coefficient (Wildman–Crippen LogP) is 4.94. The summed E-state index contributed by atoms with van der Waals surface area (Å²) in [7, 11) is 0. The fraction of sp³-hybridized carbons (Fsp3) is 0.148. The molecule has 0 unspecified atom stereocenters. The number of benzene rings is 2. The van der Waals surface area contributed by atoms with Crippen LogP contribution in [0.2, 0.25) is 0 Å². The highest BCUT2D eigenvalue weighted by Crippen LogP contribution is 2.28. The summed E-state index contributed by atoms with van der Waals surface area (Å²) in [6, 6.07) is 22.3. The van der Waals surface area contributed by atoms with Crippen LogP contribution in [0.5, 0.6) is 5.75 Å². The van der Waals surface area contributed by atoms with E-state index in [1.165, 1.54) is 5.56 Å². The Balaban J connectivity index is 1.39. The van der Waals surface area contributed by atoms with Gasteiger partial charge in [0, 0.05) is 41.7 Å². The smallest absolute Gasteiger partial charge is 0.130 e. The first-order valence-electron chi connectivity index (χ1n) is 10.8. The largest absolute Gasteiger partial charge is 0.487 e. The standard InChI is InChI=1S/C27H24N4O/c28-17-25(19-11-14-29-15-12-19)27-24-10-9-23(16-21(24)5-3-13-30-27)32-18-22-8-7-20-4-1-2-6-26(20)31-22/h1-2,4,6-12,14-17H,3,5,13,18,28H2. The topological polar surface area (TPSA) is 73.4 Å². The second kappa shape index (κ2) is 9.02. The lowest BCUT2D eigenvalue weighted by Gasteiger charge is -2.15. The van der Waals surface area contributed by atoms with Gasteiger partial charge in [-0.05, 0) is 66.4 Å². The van der Waals surface area contributed by atoms with Gasteiger partial charge in [0.15, 0.2) is 0 Å². The van der Waals surface area contributed by atoms with Crippen LogP contribution in [-0.4, -0.2) is 22.2 Å². The zero-order valence-electron chi connectivity index (χ0n) is 17.7. The van der Waals surface area contributed by atoms with Gasteiger partial charge in [-0.25, -0.2) is 4.98 Å². The van der Waals surface area contributed by atoms with E-state index in [9.17, 15) is 0 Å². The Bertz CT molecular complexity index is 1310. The molecule has 5 rings (SSSR count). The quantitative estimate of drug-likeness (QED) is 0.496. The molecule has 0 amide bonds. The molecule has 0 saturated carbocycles. The Morgan fingerprint density at radius 1 is 1.00 bits per heavy atom. The summed E-state index contributed by atoms with van der Waals surface area (Å²) < 4.78 is 6.10. The van der Waals surface area contributed by atoms with E-state index in [-0.39, 0.29) is 0 Å². The molecule has 1 aliphatic heterocycles. The SMILES string of the molecule is NC=C(C1=NCCCc2cc(OCc3ccc4ccccc4n3)ccc21)c1ccncc1. The molecule has 1 aliphatic rings. The first-order chi connectivity index (χ1) is 15.8. The molecule has 32 heavy (non-hydrogen) atoms. The number of fused-ring (bicyclic) bond motifs is 2. The summed E-state index contributed by atoms with van der Waals surface area (Å²) in [5, 5.41) is 1.13. The van der Waals surface area contributed by atoms with Gasteiger partial charge in [0.25, 0.3) is 0 Å². The third kappa shape index (κ3) is 4.10. The molecule has 0 saturated heterocycles. The Kier molecular flexibility index (Phi) is 5.62. The highest BCUT2D eigenvalue weighted by Gasteiger charge is 2.18. The van der Waals surface area contributed by atoms with E-state index in [0.717, 1.165) is 64.1 Å². The van der Waals surface area contributed by atoms with E-state index in [1.807, 2.05) is 42.5 Å². The molecular weight excluding hydrogens is 396 g/mol. The van der Waals surface area contributed by atoms with Crippen molar-refractivity contribution in [2.24, 2.45) is 10.7 Å². The van der Waals surface area contributed by atoms with Gasteiger partial charge in [0.2, 0.25) is 0 Å². The zero-order chi connectivity index (χ0) is 21.8. The number of hydrogen-bond donors (Lipinski definition) is 1. The van der Waals surface area contributed by atoms with Crippen LogP contribution in [0.1, 0.15) is 28.8 Å². The molecule has 0 bridgehead atoms. The molecule has 2 N–H and O–H groups in total. The number of hydrogen-bond acceptors (Lipinski definition) is 5. The van der Waals surface area contributed by atoms with Crippen LogP contribution in [0.25, 0.3) is 16.5 Å². The zero-order valence-corrected chi connectivity index (χ0v) is 17.7. The van der Waals surface area contributed by atoms with Crippen LogP contribution in [-0.2, 0) is 13.0 Å². The first kappa shape index (κ1) is 19.9. The van der Waals surface area contributed by atoms with Gasteiger partial charge in [-0.2, -0.15) is 0 Å². The van der Waals surface area contributed by atoms with Crippen molar-refractivity contribution in [3.63, 3.8) is 0 Å². The van der Waals surface area contributed by atoms with Crippen molar-refractivity contribution in [1.29, 1.82) is 0 Å². The second-order valence-corrected chi connectivity index (χ2v) is 7.75. The van der Waals surface area contributed by atoms with Gasteiger partial charge in [-0.3, -0.25) is 9.98 Å². The molecule has 2 aromatic carbocycles. The van der Waals surface area contributed by atoms with E-state index in [1.54, 1.807) is 18.6 Å². The Morgan fingerprint density at radius 2 is 1.88 bits per heavy atom. The molecule has 5 nitrogen and oxygen atoms in total. The predicted molar refractivity (Wildman–Crippen MR) is 129 cm³/mol. The second-order valence-electron chi connectivity index (χ2n) is 7.75. The van der Waals surface area contributed by atoms with Gasteiger partial charge in [-0.15, -0.1) is 0 Å². The number of aryl methyl sites for hydroxylation is 1. The third-order valence-electron chi connectivity index (χ3n) is 5.66. The van der Waals surface area contributed by atoms with Crippen LogP contribution in [0.3, 0.4) is 0 Å². The maximum Gasteiger partial charge on any atom is 0.130 e. The summed E-state index contributed by atoms with van der Waals surface area (Å²) in [4.78, 5) is 13.7. The van der Waals surface area contributed by atoms with Crippen LogP contribution >= 0.6 is 0 Å². The summed E-state index contributed by atoms with van der Waals surface area (Å²) >= 11 is 0. The fourth-order valence-corrected chi connectivity index (χ4v) is 4.06. The number of rotatable bonds is 5. The average Bonchev–Trinajstić information content (AvgIpc) is 3.06. The monoisotopic (exact) mass is 420 g/mol. The normalized spacial score (nSPS) is 13.9. The fourth-order valence-electron chi connectivity index (χ4n) is 4.06. The van der Waals surface area contributed by atoms with Crippen molar-refractivity contribution in [3.8, 4) is 5.75 Å². The average molecular weight is 421 g/mol. The molecular formula is C27H24N4O. The molecule has 0 atom stereocenters. The maximum absolute atomic E-state index is 6.10. The van der Waals surface area contributed by atoms with Crippen molar-refractivity contribution in [2.45, 2.75) is 19.4 Å². The molecule has 2 aromatic heterocycles. The molecule has 158 valence electrons. The van der Waals surface area contributed by atoms with Gasteiger partial charge >= 0.3 is 0 Å². The Morgan fingerprint density at radius 3 is 2.75 bits per heavy atom. The number of ether oxygens (including phenoxy) is 1. The van der Waals surface area contributed by atoms with Crippen molar-refractivity contribution in [3.05, 3.63) is 108 Å². The number of para-hydroxylation sites is 1. The van der Waals surface area contributed by atoms with E-state index < -0.39 is 0 Å². The number of aliphatic imine (C=N–C) groups is 1. The lowest BCUT2D eigenvalue weighted by molar-refractivity contribution is 0.301. The van der Waals surface area contributed by atoms with Gasteiger partial charge in [0.05, 0.1) is 16.9 Å². The van der Waals surface area contributed by atoms with Gasteiger partial charge in [-0.1, -0.05) is 24.3 Å². The van der Waals surface area contributed by atoms with Crippen molar-refractivity contribution < 1.29 is 4.74 Å². The molecule has 0 aliphatic carbocycles. The number of pyridine rings is 2. The minimum absolute atomic E-state index is 0.426. The Labute approximate surface area is 187 Å². The van der Waals surface area contributed by atoms with E-state index in [2.05, 4.69) is 29.2 Å². The first-order valence-corrected chi connectivity index (χ1v) is 10.8. The van der Waals surface area contributed by atoms with Gasteiger partial charge in [0.1, 0.15) is 12.4 Å². The lowest BCUT2D eigenvalue weighted by atomic mass is 9.93. The molecule has 0 radical (unpaired) electrons. The van der Waals surface area contributed by atoms with Gasteiger partial charge < -0.3 is 10.5 Å². The number of nitrogens with zero attached hydrogens (tertiary/aromatic N) is 3. The van der Waals surface area contributed by atoms with Crippen LogP contribution in [0, 0.1) is 0 Å². The van der Waals surface area contributed by atoms with Crippen molar-refractivity contribution in [1.82, 2.24) is 9.97 Å². The number of aromatic nitrogens is 2. The summed E-state index contributed by atoms with van der Waals surface area (Å²) in [5.74, 6) is 0.835. The summed E-state index contributed by atoms with van der Waals surface area (Å²) in [6.07, 6.45) is 7.12. The summed E-state index contributed by atoms with van der Waals surface area (Å²) in [6.45, 7) is 1.19. The van der Waals surface area contributed by atoms with E-state index in [0.29, 0.717) is 6.61 Å². The van der Waals surface area contributed by atoms with Crippen LogP contribution < -0.4 is 10.5 Å².